The quantitative estimate of drug-likeness (QED) is 0.358. The number of nitrogens with one attached hydrogen (secondary N) is 2. The first kappa shape index (κ1) is 26.3. The minimum atomic E-state index is -4.77. The number of aromatic nitrogens is 2. The molecule has 1 saturated carbocycles. The Morgan fingerprint density at radius 3 is 2.57 bits per heavy atom. The van der Waals surface area contributed by atoms with E-state index in [2.05, 4.69) is 37.2 Å². The third-order valence-electron chi connectivity index (χ3n) is 6.23. The molecule has 3 aromatic rings. The summed E-state index contributed by atoms with van der Waals surface area (Å²) in [5.74, 6) is 7.38. The van der Waals surface area contributed by atoms with Gasteiger partial charge in [-0.25, -0.2) is 4.98 Å². The zero-order chi connectivity index (χ0) is 26.3. The molecule has 6 nitrogen and oxygen atoms in total. The van der Waals surface area contributed by atoms with Crippen LogP contribution in [-0.2, 0) is 6.54 Å². The largest absolute Gasteiger partial charge is 0.573 e. The van der Waals surface area contributed by atoms with Gasteiger partial charge in [-0.2, -0.15) is 4.98 Å². The number of ether oxygens (including phenoxy) is 1. The molecular formula is C28H30F3N5O. The van der Waals surface area contributed by atoms with Gasteiger partial charge in [0.2, 0.25) is 5.95 Å². The van der Waals surface area contributed by atoms with E-state index in [1.165, 1.54) is 12.1 Å². The fraction of sp³-hybridized carbons (Fsp3) is 0.357. The Morgan fingerprint density at radius 1 is 1.03 bits per heavy atom. The number of anilines is 2. The third-order valence-corrected chi connectivity index (χ3v) is 6.23. The van der Waals surface area contributed by atoms with Gasteiger partial charge in [0.1, 0.15) is 11.6 Å². The monoisotopic (exact) mass is 509 g/mol. The van der Waals surface area contributed by atoms with E-state index in [-0.39, 0.29) is 24.3 Å². The summed E-state index contributed by atoms with van der Waals surface area (Å²) in [6, 6.07) is 14.1. The molecule has 1 aliphatic rings. The van der Waals surface area contributed by atoms with Crippen molar-refractivity contribution >= 4 is 11.8 Å². The van der Waals surface area contributed by atoms with E-state index in [1.807, 2.05) is 31.2 Å². The smallest absolute Gasteiger partial charge is 0.405 e. The lowest BCUT2D eigenvalue weighted by molar-refractivity contribution is -0.274. The maximum absolute atomic E-state index is 12.8. The highest BCUT2D eigenvalue weighted by atomic mass is 19.4. The first-order chi connectivity index (χ1) is 17.7. The lowest BCUT2D eigenvalue weighted by Gasteiger charge is -2.26. The van der Waals surface area contributed by atoms with Gasteiger partial charge in [0, 0.05) is 30.3 Å². The average Bonchev–Trinajstić information content (AvgIpc) is 2.86. The maximum atomic E-state index is 12.8. The molecule has 4 rings (SSSR count). The van der Waals surface area contributed by atoms with Crippen LogP contribution in [-0.4, -0.2) is 28.9 Å². The lowest BCUT2D eigenvalue weighted by Crippen LogP contribution is -2.29. The van der Waals surface area contributed by atoms with Crippen LogP contribution in [0.2, 0.25) is 0 Å². The molecule has 194 valence electrons. The fourth-order valence-electron chi connectivity index (χ4n) is 4.24. The predicted molar refractivity (Wildman–Crippen MR) is 138 cm³/mol. The van der Waals surface area contributed by atoms with Crippen molar-refractivity contribution in [2.45, 2.75) is 51.6 Å². The van der Waals surface area contributed by atoms with Crippen LogP contribution in [0.15, 0.2) is 54.7 Å². The van der Waals surface area contributed by atoms with Crippen LogP contribution in [0.4, 0.5) is 24.9 Å². The average molecular weight is 510 g/mol. The van der Waals surface area contributed by atoms with E-state index in [4.69, 9.17) is 5.73 Å². The number of aryl methyl sites for hydroxylation is 1. The number of nitrogens with two attached hydrogens (primary N) is 1. The minimum absolute atomic E-state index is 0.0561. The van der Waals surface area contributed by atoms with Gasteiger partial charge in [0.25, 0.3) is 0 Å². The van der Waals surface area contributed by atoms with Crippen LogP contribution in [0.3, 0.4) is 0 Å². The van der Waals surface area contributed by atoms with Crippen molar-refractivity contribution in [3.05, 3.63) is 77.0 Å². The summed E-state index contributed by atoms with van der Waals surface area (Å²) in [7, 11) is 0. The Labute approximate surface area is 214 Å². The van der Waals surface area contributed by atoms with E-state index in [1.54, 1.807) is 18.3 Å². The number of rotatable bonds is 7. The number of nitrogens with zero attached hydrogens (tertiary/aromatic N) is 2. The van der Waals surface area contributed by atoms with Crippen molar-refractivity contribution in [2.75, 3.05) is 17.2 Å². The van der Waals surface area contributed by atoms with E-state index in [9.17, 15) is 13.2 Å². The molecule has 0 atom stereocenters. The van der Waals surface area contributed by atoms with Crippen LogP contribution in [0.1, 0.15) is 47.9 Å². The highest BCUT2D eigenvalue weighted by Crippen LogP contribution is 2.27. The van der Waals surface area contributed by atoms with Gasteiger partial charge in [0.15, 0.2) is 0 Å². The van der Waals surface area contributed by atoms with Gasteiger partial charge in [-0.05, 0) is 62.3 Å². The fourth-order valence-corrected chi connectivity index (χ4v) is 4.24. The van der Waals surface area contributed by atoms with Crippen molar-refractivity contribution in [1.82, 2.24) is 9.97 Å². The van der Waals surface area contributed by atoms with Crippen LogP contribution in [0, 0.1) is 24.7 Å². The van der Waals surface area contributed by atoms with Crippen molar-refractivity contribution < 1.29 is 17.9 Å². The first-order valence-corrected chi connectivity index (χ1v) is 12.3. The summed E-state index contributed by atoms with van der Waals surface area (Å²) in [6.07, 6.45) is 0.944. The molecule has 2 aromatic carbocycles. The van der Waals surface area contributed by atoms with E-state index >= 15 is 0 Å². The molecular weight excluding hydrogens is 479 g/mol. The van der Waals surface area contributed by atoms with Crippen molar-refractivity contribution in [1.29, 1.82) is 0 Å². The molecule has 1 aromatic heterocycles. The molecule has 0 unspecified atom stereocenters. The summed E-state index contributed by atoms with van der Waals surface area (Å²) in [4.78, 5) is 8.95. The maximum Gasteiger partial charge on any atom is 0.573 e. The number of hydrogen-bond donors (Lipinski definition) is 3. The van der Waals surface area contributed by atoms with Gasteiger partial charge in [0.05, 0.1) is 11.8 Å². The molecule has 1 fully saturated rings. The Hall–Kier alpha value is -3.77. The second-order valence-corrected chi connectivity index (χ2v) is 9.25. The number of para-hydroxylation sites is 1. The van der Waals surface area contributed by atoms with E-state index in [0.29, 0.717) is 22.9 Å². The second-order valence-electron chi connectivity index (χ2n) is 9.25. The molecule has 0 spiro atoms. The number of hydrogen-bond acceptors (Lipinski definition) is 6. The van der Waals surface area contributed by atoms with Gasteiger partial charge >= 0.3 is 6.36 Å². The minimum Gasteiger partial charge on any atom is -0.405 e. The van der Waals surface area contributed by atoms with E-state index in [0.717, 1.165) is 43.4 Å². The van der Waals surface area contributed by atoms with Crippen LogP contribution in [0.25, 0.3) is 0 Å². The summed E-state index contributed by atoms with van der Waals surface area (Å²) in [5.41, 5.74) is 9.01. The molecule has 1 aliphatic carbocycles. The van der Waals surface area contributed by atoms with Gasteiger partial charge in [-0.15, -0.1) is 13.2 Å². The lowest BCUT2D eigenvalue weighted by atomic mass is 9.86. The second kappa shape index (κ2) is 12.0. The molecule has 0 saturated heterocycles. The zero-order valence-corrected chi connectivity index (χ0v) is 20.6. The Morgan fingerprint density at radius 2 is 1.81 bits per heavy atom. The first-order valence-electron chi connectivity index (χ1n) is 12.3. The molecule has 4 N–H and O–H groups in total. The standard InChI is InChI=1S/C28H30F3N5O/c1-19-5-4-6-20(15-19)9-12-23-18-35-27(36-26(23)33-16-21-10-13-24(32)14-11-21)34-17-22-7-2-3-8-25(22)37-28(29,30)31/h2-8,15,18,21,24H,10-11,13-14,16-17,32H2,1H3,(H2,33,34,35,36)/t21-,24-. The molecule has 0 aliphatic heterocycles. The normalized spacial score (nSPS) is 17.4. The summed E-state index contributed by atoms with van der Waals surface area (Å²) >= 11 is 0. The number of benzene rings is 2. The van der Waals surface area contributed by atoms with Crippen LogP contribution in [0.5, 0.6) is 5.75 Å². The molecule has 1 heterocycles. The van der Waals surface area contributed by atoms with Crippen LogP contribution >= 0.6 is 0 Å². The highest BCUT2D eigenvalue weighted by molar-refractivity contribution is 5.57. The van der Waals surface area contributed by atoms with Crippen LogP contribution < -0.4 is 21.1 Å². The van der Waals surface area contributed by atoms with Crippen molar-refractivity contribution in [3.8, 4) is 17.6 Å². The van der Waals surface area contributed by atoms with Crippen molar-refractivity contribution in [3.63, 3.8) is 0 Å². The van der Waals surface area contributed by atoms with Gasteiger partial charge in [-0.3, -0.25) is 0 Å². The predicted octanol–water partition coefficient (Wildman–Crippen LogP) is 5.62. The van der Waals surface area contributed by atoms with Gasteiger partial charge in [-0.1, -0.05) is 42.2 Å². The third kappa shape index (κ3) is 8.12. The van der Waals surface area contributed by atoms with Gasteiger partial charge < -0.3 is 21.1 Å². The zero-order valence-electron chi connectivity index (χ0n) is 20.6. The molecule has 9 heteroatoms. The molecule has 0 amide bonds. The van der Waals surface area contributed by atoms with Crippen molar-refractivity contribution in [2.24, 2.45) is 11.7 Å². The molecule has 0 radical (unpaired) electrons. The summed E-state index contributed by atoms with van der Waals surface area (Å²) in [6.45, 7) is 2.79. The highest BCUT2D eigenvalue weighted by Gasteiger charge is 2.32. The topological polar surface area (TPSA) is 85.1 Å². The summed E-state index contributed by atoms with van der Waals surface area (Å²) < 4.78 is 42.4. The van der Waals surface area contributed by atoms with E-state index < -0.39 is 6.36 Å². The number of alkyl halides is 3. The Balaban J connectivity index is 1.52. The molecule has 37 heavy (non-hydrogen) atoms. The Kier molecular flexibility index (Phi) is 8.51. The molecule has 0 bridgehead atoms. The number of halogens is 3. The summed E-state index contributed by atoms with van der Waals surface area (Å²) in [5, 5.41) is 6.42. The Bertz CT molecular complexity index is 1260. The SMILES string of the molecule is Cc1cccc(C#Cc2cnc(NCc3ccccc3OC(F)(F)F)nc2NC[C@H]2CC[C@H](N)CC2)c1.